The van der Waals surface area contributed by atoms with E-state index in [-0.39, 0.29) is 31.3 Å². The molecule has 184 valence electrons. The largest absolute Gasteiger partial charge is 0.457 e. The van der Waals surface area contributed by atoms with Gasteiger partial charge < -0.3 is 18.9 Å². The van der Waals surface area contributed by atoms with Crippen molar-refractivity contribution in [2.24, 2.45) is 0 Å². The molecule has 1 aliphatic carbocycles. The highest BCUT2D eigenvalue weighted by Gasteiger charge is 2.20. The van der Waals surface area contributed by atoms with Gasteiger partial charge in [0.15, 0.2) is 5.78 Å². The summed E-state index contributed by atoms with van der Waals surface area (Å²) < 4.78 is 20.6. The van der Waals surface area contributed by atoms with Crippen LogP contribution in [0, 0.1) is 0 Å². The fraction of sp³-hybridized carbons (Fsp3) is 0.321. The second-order valence-corrected chi connectivity index (χ2v) is 7.92. The molecule has 7 nitrogen and oxygen atoms in total. The quantitative estimate of drug-likeness (QED) is 0.254. The lowest BCUT2D eigenvalue weighted by Crippen LogP contribution is -2.12. The van der Waals surface area contributed by atoms with Crippen LogP contribution in [-0.4, -0.2) is 31.3 Å². The first-order chi connectivity index (χ1) is 17.0. The average Bonchev–Trinajstić information content (AvgIpc) is 2.88. The van der Waals surface area contributed by atoms with Gasteiger partial charge in [0.05, 0.1) is 0 Å². The number of hydrogen-bond acceptors (Lipinski definition) is 7. The van der Waals surface area contributed by atoms with Gasteiger partial charge in [0, 0.05) is 24.0 Å². The molecule has 0 heterocycles. The molecule has 1 saturated carbocycles. The molecule has 0 radical (unpaired) electrons. The number of benzene rings is 2. The van der Waals surface area contributed by atoms with Gasteiger partial charge in [0.1, 0.15) is 11.5 Å². The van der Waals surface area contributed by atoms with Gasteiger partial charge in [-0.1, -0.05) is 38.1 Å². The third-order valence-electron chi connectivity index (χ3n) is 5.39. The molecule has 1 fully saturated rings. The van der Waals surface area contributed by atoms with Gasteiger partial charge in [-0.15, -0.1) is 0 Å². The van der Waals surface area contributed by atoms with Crippen LogP contribution in [0.3, 0.4) is 0 Å². The number of carbonyl (C=O) groups excluding carboxylic acids is 3. The molecule has 35 heavy (non-hydrogen) atoms. The van der Waals surface area contributed by atoms with E-state index >= 15 is 0 Å². The van der Waals surface area contributed by atoms with Crippen molar-refractivity contribution in [1.29, 1.82) is 0 Å². The molecular formula is C28H30O7. The lowest BCUT2D eigenvalue weighted by Gasteiger charge is -2.17. The van der Waals surface area contributed by atoms with Gasteiger partial charge in [-0.05, 0) is 66.8 Å². The Morgan fingerprint density at radius 2 is 1.11 bits per heavy atom. The number of Topliss-reactive ketones (excluding diaryl/α,β-unsaturated/α-hetero) is 1. The Morgan fingerprint density at radius 1 is 0.714 bits per heavy atom. The minimum absolute atomic E-state index is 0.0508. The first-order valence-electron chi connectivity index (χ1n) is 11.7. The molecule has 0 unspecified atom stereocenters. The van der Waals surface area contributed by atoms with Crippen LogP contribution in [0.4, 0.5) is 0 Å². The second kappa shape index (κ2) is 13.1. The topological polar surface area (TPSA) is 88.1 Å². The summed E-state index contributed by atoms with van der Waals surface area (Å²) in [7, 11) is 0. The Bertz CT molecular complexity index is 994. The number of hydrogen-bond donors (Lipinski definition) is 0. The number of ether oxygens (including phenoxy) is 4. The van der Waals surface area contributed by atoms with Crippen LogP contribution in [-0.2, 0) is 23.9 Å². The molecule has 0 atom stereocenters. The zero-order valence-electron chi connectivity index (χ0n) is 20.1. The summed E-state index contributed by atoms with van der Waals surface area (Å²) in [4.78, 5) is 35.4. The van der Waals surface area contributed by atoms with Crippen LogP contribution < -0.4 is 9.47 Å². The van der Waals surface area contributed by atoms with Gasteiger partial charge in [-0.3, -0.25) is 14.4 Å². The Kier molecular flexibility index (Phi) is 9.66. The van der Waals surface area contributed by atoms with Crippen molar-refractivity contribution in [2.45, 2.75) is 46.0 Å². The highest BCUT2D eigenvalue weighted by atomic mass is 16.7. The van der Waals surface area contributed by atoms with Crippen molar-refractivity contribution in [3.05, 3.63) is 70.8 Å². The highest BCUT2D eigenvalue weighted by molar-refractivity contribution is 6.13. The van der Waals surface area contributed by atoms with Crippen molar-refractivity contribution in [1.82, 2.24) is 0 Å². The fourth-order valence-electron chi connectivity index (χ4n) is 3.43. The summed E-state index contributed by atoms with van der Waals surface area (Å²) in [6.45, 7) is 3.19. The van der Waals surface area contributed by atoms with E-state index < -0.39 is 0 Å². The van der Waals surface area contributed by atoms with Crippen molar-refractivity contribution in [2.75, 3.05) is 13.6 Å². The van der Waals surface area contributed by atoms with Crippen LogP contribution in [0.2, 0.25) is 0 Å². The van der Waals surface area contributed by atoms with Gasteiger partial charge in [-0.2, -0.15) is 0 Å². The van der Waals surface area contributed by atoms with E-state index in [4.69, 9.17) is 18.9 Å². The molecule has 3 rings (SSSR count). The third-order valence-corrected chi connectivity index (χ3v) is 5.39. The van der Waals surface area contributed by atoms with E-state index in [1.165, 1.54) is 0 Å². The van der Waals surface area contributed by atoms with Gasteiger partial charge >= 0.3 is 11.9 Å². The zero-order chi connectivity index (χ0) is 25.0. The number of allylic oxidation sites excluding steroid dienone is 2. The molecule has 0 aliphatic heterocycles. The molecule has 1 aliphatic rings. The van der Waals surface area contributed by atoms with Crippen molar-refractivity contribution >= 4 is 29.9 Å². The molecule has 7 heteroatoms. The molecule has 0 spiro atoms. The lowest BCUT2D eigenvalue weighted by molar-refractivity contribution is -0.150. The SMILES string of the molecule is CCC(=O)OCOc1ccc(C=C2CCCC(=Cc3ccc(OCOC(=O)CC)cc3)C2=O)cc1. The van der Waals surface area contributed by atoms with Crippen molar-refractivity contribution < 1.29 is 33.3 Å². The lowest BCUT2D eigenvalue weighted by atomic mass is 9.87. The Morgan fingerprint density at radius 3 is 1.49 bits per heavy atom. The van der Waals surface area contributed by atoms with Crippen molar-refractivity contribution in [3.8, 4) is 11.5 Å². The minimum atomic E-state index is -0.315. The minimum Gasteiger partial charge on any atom is -0.457 e. The number of ketones is 1. The van der Waals surface area contributed by atoms with Crippen LogP contribution >= 0.6 is 0 Å². The normalized spacial score (nSPS) is 15.7. The zero-order valence-corrected chi connectivity index (χ0v) is 20.1. The summed E-state index contributed by atoms with van der Waals surface area (Å²) in [5.74, 6) is 0.593. The van der Waals surface area contributed by atoms with Crippen molar-refractivity contribution in [3.63, 3.8) is 0 Å². The maximum absolute atomic E-state index is 13.1. The standard InChI is InChI=1S/C28H30O7/c1-3-26(29)34-18-32-24-12-8-20(9-13-24)16-22-6-5-7-23(28(22)31)17-21-10-14-25(15-11-21)33-19-35-27(30)4-2/h8-17H,3-7,18-19H2,1-2H3. The molecule has 0 saturated heterocycles. The van der Waals surface area contributed by atoms with Gasteiger partial charge in [-0.25, -0.2) is 0 Å². The summed E-state index contributed by atoms with van der Waals surface area (Å²) in [5, 5.41) is 0. The van der Waals surface area contributed by atoms with E-state index in [9.17, 15) is 14.4 Å². The molecule has 0 aromatic heterocycles. The number of esters is 2. The maximum Gasteiger partial charge on any atom is 0.308 e. The summed E-state index contributed by atoms with van der Waals surface area (Å²) in [6.07, 6.45) is 6.78. The van der Waals surface area contributed by atoms with E-state index in [1.54, 1.807) is 38.1 Å². The molecule has 2 aromatic carbocycles. The molecule has 2 aromatic rings. The summed E-state index contributed by atoms with van der Waals surface area (Å²) in [6, 6.07) is 14.6. The Balaban J connectivity index is 1.59. The molecule has 0 amide bonds. The van der Waals surface area contributed by atoms with E-state index in [0.717, 1.165) is 41.5 Å². The van der Waals surface area contributed by atoms with Crippen LogP contribution in [0.15, 0.2) is 59.7 Å². The molecule has 0 bridgehead atoms. The monoisotopic (exact) mass is 478 g/mol. The van der Waals surface area contributed by atoms with E-state index in [0.29, 0.717) is 24.3 Å². The first kappa shape index (κ1) is 25.7. The number of rotatable bonds is 10. The van der Waals surface area contributed by atoms with Crippen LogP contribution in [0.25, 0.3) is 12.2 Å². The molecular weight excluding hydrogens is 448 g/mol. The van der Waals surface area contributed by atoms with Crippen LogP contribution in [0.5, 0.6) is 11.5 Å². The Hall–Kier alpha value is -3.87. The smallest absolute Gasteiger partial charge is 0.308 e. The number of carbonyl (C=O) groups is 3. The average molecular weight is 479 g/mol. The maximum atomic E-state index is 13.1. The second-order valence-electron chi connectivity index (χ2n) is 7.92. The molecule has 0 N–H and O–H groups in total. The van der Waals surface area contributed by atoms with E-state index in [1.807, 2.05) is 36.4 Å². The third kappa shape index (κ3) is 8.14. The van der Waals surface area contributed by atoms with Gasteiger partial charge in [0.25, 0.3) is 0 Å². The predicted molar refractivity (Wildman–Crippen MR) is 131 cm³/mol. The van der Waals surface area contributed by atoms with Crippen LogP contribution in [0.1, 0.15) is 57.1 Å². The first-order valence-corrected chi connectivity index (χ1v) is 11.7. The summed E-state index contributed by atoms with van der Waals surface area (Å²) in [5.41, 5.74) is 3.34. The highest BCUT2D eigenvalue weighted by Crippen LogP contribution is 2.29. The van der Waals surface area contributed by atoms with E-state index in [2.05, 4.69) is 0 Å². The fourth-order valence-corrected chi connectivity index (χ4v) is 3.43. The van der Waals surface area contributed by atoms with Gasteiger partial charge in [0.2, 0.25) is 13.6 Å². The summed E-state index contributed by atoms with van der Waals surface area (Å²) >= 11 is 0. The Labute approximate surface area is 205 Å². The predicted octanol–water partition coefficient (Wildman–Crippen LogP) is 5.49.